The molecule has 2 radical (unpaired) electrons. The monoisotopic (exact) mass is 248 g/mol. The van der Waals surface area contributed by atoms with Crippen LogP contribution in [0.5, 0.6) is 0 Å². The molecule has 0 N–H and O–H groups in total. The van der Waals surface area contributed by atoms with Crippen molar-refractivity contribution in [3.05, 3.63) is 42.5 Å². The molecule has 52 valence electrons. The molecule has 0 aromatic heterocycles. The summed E-state index contributed by atoms with van der Waals surface area (Å²) in [6.07, 6.45) is 0. The normalized spacial score (nSPS) is 10.3. The van der Waals surface area contributed by atoms with E-state index in [1.54, 1.807) is 0 Å². The van der Waals surface area contributed by atoms with Crippen LogP contribution < -0.4 is 3.58 Å². The molecule has 0 fully saturated rings. The zero-order valence-corrected chi connectivity index (χ0v) is 9.41. The minimum absolute atomic E-state index is 1.21. The van der Waals surface area contributed by atoms with Crippen LogP contribution in [0, 0.1) is 0 Å². The summed E-state index contributed by atoms with van der Waals surface area (Å²) in [6, 6.07) is 15.1. The van der Waals surface area contributed by atoms with E-state index < -0.39 is 0 Å². The van der Waals surface area contributed by atoms with E-state index in [0.29, 0.717) is 0 Å². The first kappa shape index (κ1) is 7.16. The fourth-order valence-corrected chi connectivity index (χ4v) is 1.99. The van der Waals surface area contributed by atoms with Crippen molar-refractivity contribution in [2.24, 2.45) is 0 Å². The van der Waals surface area contributed by atoms with Crippen LogP contribution in [0.15, 0.2) is 42.5 Å². The summed E-state index contributed by atoms with van der Waals surface area (Å²) in [7, 11) is 0. The van der Waals surface area contributed by atoms with Gasteiger partial charge < -0.3 is 0 Å². The molecule has 0 aliphatic carbocycles. The van der Waals surface area contributed by atoms with Crippen molar-refractivity contribution in [2.45, 2.75) is 0 Å². The number of fused-ring (bicyclic) bond motifs is 1. The maximum absolute atomic E-state index is 2.26. The SMILES string of the molecule is [SnH][c]1ccc2ccccc2c1. The first-order chi connectivity index (χ1) is 5.36. The van der Waals surface area contributed by atoms with E-state index in [1.807, 2.05) is 0 Å². The Morgan fingerprint density at radius 1 is 0.818 bits per heavy atom. The van der Waals surface area contributed by atoms with Crippen LogP contribution in [0.4, 0.5) is 0 Å². The Hall–Kier alpha value is -0.501. The number of rotatable bonds is 0. The number of benzene rings is 2. The second-order valence-electron chi connectivity index (χ2n) is 2.61. The van der Waals surface area contributed by atoms with E-state index in [2.05, 4.69) is 42.5 Å². The predicted octanol–water partition coefficient (Wildman–Crippen LogP) is 1.37. The second kappa shape index (κ2) is 2.86. The van der Waals surface area contributed by atoms with Gasteiger partial charge in [-0.05, 0) is 0 Å². The fraction of sp³-hybridized carbons (Fsp3) is 0. The molecule has 1 heteroatoms. The van der Waals surface area contributed by atoms with Crippen molar-refractivity contribution >= 4 is 36.9 Å². The van der Waals surface area contributed by atoms with Crippen molar-refractivity contribution in [1.29, 1.82) is 0 Å². The third-order valence-corrected chi connectivity index (χ3v) is 2.80. The Morgan fingerprint density at radius 3 is 2.36 bits per heavy atom. The predicted molar refractivity (Wildman–Crippen MR) is 50.7 cm³/mol. The van der Waals surface area contributed by atoms with Gasteiger partial charge in [0.1, 0.15) is 0 Å². The van der Waals surface area contributed by atoms with Gasteiger partial charge in [-0.1, -0.05) is 0 Å². The van der Waals surface area contributed by atoms with Gasteiger partial charge in [-0.2, -0.15) is 0 Å². The summed E-state index contributed by atoms with van der Waals surface area (Å²) in [5, 5.41) is 2.70. The topological polar surface area (TPSA) is 0 Å². The molecule has 0 atom stereocenters. The molecule has 0 heterocycles. The Kier molecular flexibility index (Phi) is 1.86. The van der Waals surface area contributed by atoms with Crippen LogP contribution in [0.2, 0.25) is 0 Å². The molecule has 0 unspecified atom stereocenters. The number of hydrogen-bond acceptors (Lipinski definition) is 0. The summed E-state index contributed by atoms with van der Waals surface area (Å²) in [6.45, 7) is 0. The van der Waals surface area contributed by atoms with Gasteiger partial charge in [0.2, 0.25) is 0 Å². The fourth-order valence-electron chi connectivity index (χ4n) is 1.21. The average molecular weight is 247 g/mol. The Morgan fingerprint density at radius 2 is 1.55 bits per heavy atom. The molecule has 2 aromatic carbocycles. The van der Waals surface area contributed by atoms with Crippen LogP contribution >= 0.6 is 0 Å². The first-order valence-electron chi connectivity index (χ1n) is 3.60. The molecule has 2 rings (SSSR count). The van der Waals surface area contributed by atoms with Crippen LogP contribution in [-0.2, 0) is 0 Å². The van der Waals surface area contributed by atoms with Crippen molar-refractivity contribution in [3.63, 3.8) is 0 Å². The van der Waals surface area contributed by atoms with E-state index in [4.69, 9.17) is 0 Å². The van der Waals surface area contributed by atoms with Crippen LogP contribution in [0.1, 0.15) is 0 Å². The van der Waals surface area contributed by atoms with Crippen LogP contribution in [-0.4, -0.2) is 22.5 Å². The summed E-state index contributed by atoms with van der Waals surface area (Å²) in [4.78, 5) is 0. The van der Waals surface area contributed by atoms with Crippen LogP contribution in [0.25, 0.3) is 10.8 Å². The van der Waals surface area contributed by atoms with E-state index >= 15 is 0 Å². The van der Waals surface area contributed by atoms with Gasteiger partial charge in [-0.3, -0.25) is 0 Å². The Labute approximate surface area is 79.3 Å². The second-order valence-corrected chi connectivity index (χ2v) is 4.51. The molecular formula is C10H8Sn. The first-order valence-corrected chi connectivity index (χ1v) is 5.25. The summed E-state index contributed by atoms with van der Waals surface area (Å²) >= 11 is 1.21. The number of hydrogen-bond donors (Lipinski definition) is 0. The van der Waals surface area contributed by atoms with Gasteiger partial charge in [-0.25, -0.2) is 0 Å². The van der Waals surface area contributed by atoms with Crippen LogP contribution in [0.3, 0.4) is 0 Å². The molecule has 2 aromatic rings. The van der Waals surface area contributed by atoms with E-state index in [0.717, 1.165) is 0 Å². The van der Waals surface area contributed by atoms with Gasteiger partial charge in [0.05, 0.1) is 0 Å². The molecule has 0 aliphatic rings. The Bertz CT molecular complexity index is 379. The zero-order chi connectivity index (χ0) is 7.68. The average Bonchev–Trinajstić information content (AvgIpc) is 2.04. The van der Waals surface area contributed by atoms with E-state index in [9.17, 15) is 0 Å². The molecular weight excluding hydrogens is 239 g/mol. The quantitative estimate of drug-likeness (QED) is 0.616. The van der Waals surface area contributed by atoms with Gasteiger partial charge in [0.25, 0.3) is 0 Å². The van der Waals surface area contributed by atoms with Gasteiger partial charge in [0.15, 0.2) is 0 Å². The maximum atomic E-state index is 2.26. The minimum atomic E-state index is 1.21. The summed E-state index contributed by atoms with van der Waals surface area (Å²) in [5.41, 5.74) is 0. The molecule has 0 spiro atoms. The van der Waals surface area contributed by atoms with E-state index in [-0.39, 0.29) is 0 Å². The third kappa shape index (κ3) is 1.40. The van der Waals surface area contributed by atoms with Gasteiger partial charge in [0, 0.05) is 0 Å². The Balaban J connectivity index is 2.83. The molecule has 0 amide bonds. The standard InChI is InChI=1S/C10H7.Sn.H/c1-2-6-10-8-4-3-7-9(10)5-1;;/h1-3,5-8H;;. The summed E-state index contributed by atoms with van der Waals surface area (Å²) in [5.74, 6) is 0. The molecule has 11 heavy (non-hydrogen) atoms. The molecule has 0 bridgehead atoms. The summed E-state index contributed by atoms with van der Waals surface area (Å²) < 4.78 is 1.45. The van der Waals surface area contributed by atoms with Gasteiger partial charge in [-0.15, -0.1) is 0 Å². The van der Waals surface area contributed by atoms with Crippen molar-refractivity contribution < 1.29 is 0 Å². The zero-order valence-electron chi connectivity index (χ0n) is 6.12. The van der Waals surface area contributed by atoms with Crippen molar-refractivity contribution in [3.8, 4) is 0 Å². The molecule has 0 saturated carbocycles. The van der Waals surface area contributed by atoms with Crippen molar-refractivity contribution in [2.75, 3.05) is 0 Å². The third-order valence-electron chi connectivity index (χ3n) is 1.77. The molecule has 0 nitrogen and oxygen atoms in total. The van der Waals surface area contributed by atoms with Gasteiger partial charge >= 0.3 is 79.3 Å². The molecule has 0 aliphatic heterocycles. The van der Waals surface area contributed by atoms with Crippen molar-refractivity contribution in [1.82, 2.24) is 0 Å². The van der Waals surface area contributed by atoms with E-state index in [1.165, 1.54) is 36.9 Å². The molecule has 0 saturated heterocycles.